The number of hydrogen-bond acceptors (Lipinski definition) is 2. The topological polar surface area (TPSA) is 35.2 Å². The van der Waals surface area contributed by atoms with Crippen molar-refractivity contribution < 1.29 is 4.74 Å². The average Bonchev–Trinajstić information content (AvgIpc) is 2.34. The molecule has 2 rings (SSSR count). The molecule has 0 amide bonds. The fraction of sp³-hybridized carbons (Fsp3) is 0.647. The van der Waals surface area contributed by atoms with E-state index >= 15 is 0 Å². The third kappa shape index (κ3) is 3.58. The summed E-state index contributed by atoms with van der Waals surface area (Å²) in [4.78, 5) is 0. The summed E-state index contributed by atoms with van der Waals surface area (Å²) in [5, 5.41) is 0. The van der Waals surface area contributed by atoms with Crippen LogP contribution in [0.25, 0.3) is 0 Å². The molecule has 0 spiro atoms. The van der Waals surface area contributed by atoms with E-state index in [2.05, 4.69) is 38.1 Å². The van der Waals surface area contributed by atoms with Crippen LogP contribution in [-0.2, 0) is 11.2 Å². The molecule has 2 nitrogen and oxygen atoms in total. The van der Waals surface area contributed by atoms with E-state index in [0.717, 1.165) is 25.7 Å². The summed E-state index contributed by atoms with van der Waals surface area (Å²) in [7, 11) is 1.82. The zero-order valence-corrected chi connectivity index (χ0v) is 12.5. The van der Waals surface area contributed by atoms with Crippen LogP contribution in [0.15, 0.2) is 24.3 Å². The maximum atomic E-state index is 6.34. The minimum atomic E-state index is 0.0516. The molecular formula is C17H27NO. The molecule has 1 fully saturated rings. The third-order valence-electron chi connectivity index (χ3n) is 4.34. The quantitative estimate of drug-likeness (QED) is 0.844. The predicted octanol–water partition coefficient (Wildman–Crippen LogP) is 3.84. The Bertz CT molecular complexity index is 387. The van der Waals surface area contributed by atoms with Crippen molar-refractivity contribution in [3.05, 3.63) is 35.4 Å². The molecule has 1 saturated carbocycles. The Morgan fingerprint density at radius 3 is 2.26 bits per heavy atom. The number of nitrogens with two attached hydrogens (primary N) is 1. The van der Waals surface area contributed by atoms with Crippen molar-refractivity contribution in [3.8, 4) is 0 Å². The van der Waals surface area contributed by atoms with Gasteiger partial charge in [-0.3, -0.25) is 0 Å². The first kappa shape index (κ1) is 14.5. The zero-order valence-electron chi connectivity index (χ0n) is 12.5. The van der Waals surface area contributed by atoms with Crippen molar-refractivity contribution in [3.63, 3.8) is 0 Å². The average molecular weight is 261 g/mol. The second-order valence-corrected chi connectivity index (χ2v) is 6.39. The van der Waals surface area contributed by atoms with E-state index in [-0.39, 0.29) is 11.6 Å². The standard InChI is InChI=1S/C17H27NO/c1-13(2)11-14-5-7-15(8-6-14)16(18)12-17(19-3)9-4-10-17/h5-8,13,16H,4,9-12,18H2,1-3H3. The Kier molecular flexibility index (Phi) is 4.64. The van der Waals surface area contributed by atoms with Gasteiger partial charge in [0.15, 0.2) is 0 Å². The highest BCUT2D eigenvalue weighted by molar-refractivity contribution is 5.25. The molecule has 2 N–H and O–H groups in total. The molecule has 1 aliphatic carbocycles. The molecule has 1 aromatic rings. The Labute approximate surface area is 117 Å². The van der Waals surface area contributed by atoms with Crippen LogP contribution in [0.1, 0.15) is 56.7 Å². The Hall–Kier alpha value is -0.860. The van der Waals surface area contributed by atoms with Crippen molar-refractivity contribution in [2.45, 2.75) is 57.6 Å². The van der Waals surface area contributed by atoms with E-state index in [0.29, 0.717) is 5.92 Å². The monoisotopic (exact) mass is 261 g/mol. The normalized spacial score (nSPS) is 19.2. The Morgan fingerprint density at radius 2 is 1.84 bits per heavy atom. The number of ether oxygens (including phenoxy) is 1. The lowest BCUT2D eigenvalue weighted by Gasteiger charge is -2.42. The van der Waals surface area contributed by atoms with E-state index in [1.54, 1.807) is 0 Å². The summed E-state index contributed by atoms with van der Waals surface area (Å²) in [6.45, 7) is 4.50. The van der Waals surface area contributed by atoms with Crippen molar-refractivity contribution in [1.29, 1.82) is 0 Å². The van der Waals surface area contributed by atoms with E-state index in [4.69, 9.17) is 10.5 Å². The van der Waals surface area contributed by atoms with Gasteiger partial charge in [0.05, 0.1) is 5.60 Å². The maximum absolute atomic E-state index is 6.34. The van der Waals surface area contributed by atoms with E-state index in [1.807, 2.05) is 7.11 Å². The lowest BCUT2D eigenvalue weighted by Crippen LogP contribution is -2.41. The second-order valence-electron chi connectivity index (χ2n) is 6.39. The summed E-state index contributed by atoms with van der Waals surface area (Å²) in [5.74, 6) is 0.700. The molecule has 0 radical (unpaired) electrons. The van der Waals surface area contributed by atoms with E-state index in [1.165, 1.54) is 17.5 Å². The fourth-order valence-electron chi connectivity index (χ4n) is 2.95. The highest BCUT2D eigenvalue weighted by atomic mass is 16.5. The van der Waals surface area contributed by atoms with Crippen LogP contribution in [0.4, 0.5) is 0 Å². The van der Waals surface area contributed by atoms with Gasteiger partial charge in [-0.05, 0) is 49.1 Å². The van der Waals surface area contributed by atoms with Crippen LogP contribution in [0.5, 0.6) is 0 Å². The number of hydrogen-bond donors (Lipinski definition) is 1. The SMILES string of the molecule is COC1(CC(N)c2ccc(CC(C)C)cc2)CCC1. The molecule has 19 heavy (non-hydrogen) atoms. The minimum absolute atomic E-state index is 0.0516. The smallest absolute Gasteiger partial charge is 0.0696 e. The first-order valence-electron chi connectivity index (χ1n) is 7.44. The predicted molar refractivity (Wildman–Crippen MR) is 80.1 cm³/mol. The lowest BCUT2D eigenvalue weighted by atomic mass is 9.75. The largest absolute Gasteiger partial charge is 0.378 e. The molecule has 2 heteroatoms. The molecule has 0 saturated heterocycles. The van der Waals surface area contributed by atoms with Gasteiger partial charge in [0.2, 0.25) is 0 Å². The molecular weight excluding hydrogens is 234 g/mol. The zero-order chi connectivity index (χ0) is 13.9. The molecule has 1 unspecified atom stereocenters. The summed E-state index contributed by atoms with van der Waals surface area (Å²) < 4.78 is 5.66. The maximum Gasteiger partial charge on any atom is 0.0696 e. The molecule has 1 atom stereocenters. The summed E-state index contributed by atoms with van der Waals surface area (Å²) in [6.07, 6.45) is 5.66. The first-order chi connectivity index (χ1) is 9.04. The van der Waals surface area contributed by atoms with Crippen LogP contribution in [0.3, 0.4) is 0 Å². The number of rotatable bonds is 6. The van der Waals surface area contributed by atoms with Gasteiger partial charge in [-0.2, -0.15) is 0 Å². The third-order valence-corrected chi connectivity index (χ3v) is 4.34. The van der Waals surface area contributed by atoms with Gasteiger partial charge in [-0.25, -0.2) is 0 Å². The van der Waals surface area contributed by atoms with Gasteiger partial charge in [0.25, 0.3) is 0 Å². The number of methoxy groups -OCH3 is 1. The van der Waals surface area contributed by atoms with Gasteiger partial charge < -0.3 is 10.5 Å². The van der Waals surface area contributed by atoms with Crippen LogP contribution in [0, 0.1) is 5.92 Å². The molecule has 1 aromatic carbocycles. The first-order valence-corrected chi connectivity index (χ1v) is 7.44. The second kappa shape index (κ2) is 6.06. The molecule has 0 aliphatic heterocycles. The van der Waals surface area contributed by atoms with Gasteiger partial charge in [0.1, 0.15) is 0 Å². The fourth-order valence-corrected chi connectivity index (χ4v) is 2.95. The van der Waals surface area contributed by atoms with Crippen molar-refractivity contribution in [2.75, 3.05) is 7.11 Å². The molecule has 106 valence electrons. The highest BCUT2D eigenvalue weighted by Gasteiger charge is 2.38. The van der Waals surface area contributed by atoms with Crippen molar-refractivity contribution in [2.24, 2.45) is 11.7 Å². The Balaban J connectivity index is 1.97. The van der Waals surface area contributed by atoms with Crippen molar-refractivity contribution in [1.82, 2.24) is 0 Å². The van der Waals surface area contributed by atoms with Gasteiger partial charge in [0, 0.05) is 13.2 Å². The van der Waals surface area contributed by atoms with Crippen LogP contribution >= 0.6 is 0 Å². The highest BCUT2D eigenvalue weighted by Crippen LogP contribution is 2.41. The minimum Gasteiger partial charge on any atom is -0.378 e. The molecule has 0 aromatic heterocycles. The van der Waals surface area contributed by atoms with E-state index in [9.17, 15) is 0 Å². The lowest BCUT2D eigenvalue weighted by molar-refractivity contribution is -0.0816. The van der Waals surface area contributed by atoms with Crippen LogP contribution in [-0.4, -0.2) is 12.7 Å². The molecule has 0 bridgehead atoms. The summed E-state index contributed by atoms with van der Waals surface area (Å²) in [5.41, 5.74) is 9.02. The Morgan fingerprint density at radius 1 is 1.21 bits per heavy atom. The van der Waals surface area contributed by atoms with Crippen LogP contribution < -0.4 is 5.73 Å². The van der Waals surface area contributed by atoms with Gasteiger partial charge >= 0.3 is 0 Å². The number of benzene rings is 1. The molecule has 1 aliphatic rings. The summed E-state index contributed by atoms with van der Waals surface area (Å²) >= 11 is 0. The van der Waals surface area contributed by atoms with E-state index < -0.39 is 0 Å². The summed E-state index contributed by atoms with van der Waals surface area (Å²) in [6, 6.07) is 8.90. The molecule has 0 heterocycles. The van der Waals surface area contributed by atoms with Crippen LogP contribution in [0.2, 0.25) is 0 Å². The van der Waals surface area contributed by atoms with Gasteiger partial charge in [-0.1, -0.05) is 38.1 Å². The van der Waals surface area contributed by atoms with Crippen molar-refractivity contribution >= 4 is 0 Å². The van der Waals surface area contributed by atoms with Gasteiger partial charge in [-0.15, -0.1) is 0 Å².